The SMILES string of the molecule is CNC(=O)NC(=O)[C@@H](OC(=O)c1ccc(-c2ccc(F)cc2)o1)c1ccccc1. The van der Waals surface area contributed by atoms with E-state index in [0.717, 1.165) is 0 Å². The zero-order valence-corrected chi connectivity index (χ0v) is 15.3. The van der Waals surface area contributed by atoms with Crippen LogP contribution in [0.25, 0.3) is 11.3 Å². The van der Waals surface area contributed by atoms with E-state index in [1.54, 1.807) is 30.3 Å². The van der Waals surface area contributed by atoms with Gasteiger partial charge in [-0.05, 0) is 36.4 Å². The van der Waals surface area contributed by atoms with Crippen molar-refractivity contribution in [3.63, 3.8) is 0 Å². The van der Waals surface area contributed by atoms with E-state index in [-0.39, 0.29) is 5.76 Å². The van der Waals surface area contributed by atoms with Gasteiger partial charge in [0.25, 0.3) is 5.91 Å². The molecule has 2 aromatic carbocycles. The number of urea groups is 1. The summed E-state index contributed by atoms with van der Waals surface area (Å²) in [5.74, 6) is -1.90. The minimum Gasteiger partial charge on any atom is -0.449 e. The van der Waals surface area contributed by atoms with E-state index in [1.165, 1.54) is 43.4 Å². The van der Waals surface area contributed by atoms with E-state index in [4.69, 9.17) is 9.15 Å². The van der Waals surface area contributed by atoms with Gasteiger partial charge in [0.15, 0.2) is 0 Å². The van der Waals surface area contributed by atoms with Gasteiger partial charge in [-0.3, -0.25) is 10.1 Å². The molecule has 0 aliphatic carbocycles. The Bertz CT molecular complexity index is 1020. The van der Waals surface area contributed by atoms with Crippen LogP contribution in [0.1, 0.15) is 22.2 Å². The van der Waals surface area contributed by atoms with Crippen LogP contribution in [0.5, 0.6) is 0 Å². The van der Waals surface area contributed by atoms with Crippen molar-refractivity contribution in [1.82, 2.24) is 10.6 Å². The van der Waals surface area contributed by atoms with Gasteiger partial charge in [0.2, 0.25) is 11.9 Å². The number of carbonyl (C=O) groups is 3. The Morgan fingerprint density at radius 3 is 2.31 bits per heavy atom. The molecule has 1 aromatic heterocycles. The van der Waals surface area contributed by atoms with Crippen LogP contribution in [-0.2, 0) is 9.53 Å². The fraction of sp³-hybridized carbons (Fsp3) is 0.0952. The second-order valence-electron chi connectivity index (χ2n) is 5.94. The van der Waals surface area contributed by atoms with Gasteiger partial charge in [0.1, 0.15) is 11.6 Å². The fourth-order valence-corrected chi connectivity index (χ4v) is 2.52. The molecule has 0 saturated carbocycles. The van der Waals surface area contributed by atoms with Crippen LogP contribution in [0.15, 0.2) is 71.1 Å². The second kappa shape index (κ2) is 8.83. The molecule has 1 atom stereocenters. The molecular formula is C21H17FN2O5. The molecule has 1 heterocycles. The fourth-order valence-electron chi connectivity index (χ4n) is 2.52. The summed E-state index contributed by atoms with van der Waals surface area (Å²) >= 11 is 0. The number of ether oxygens (including phenoxy) is 1. The molecule has 3 amide bonds. The third-order valence-electron chi connectivity index (χ3n) is 3.97. The van der Waals surface area contributed by atoms with Crippen molar-refractivity contribution < 1.29 is 27.9 Å². The van der Waals surface area contributed by atoms with E-state index in [2.05, 4.69) is 10.6 Å². The van der Waals surface area contributed by atoms with Crippen LogP contribution in [-0.4, -0.2) is 25.0 Å². The highest BCUT2D eigenvalue weighted by molar-refractivity contribution is 5.98. The first-order valence-corrected chi connectivity index (χ1v) is 8.62. The van der Waals surface area contributed by atoms with E-state index in [9.17, 15) is 18.8 Å². The first-order valence-electron chi connectivity index (χ1n) is 8.62. The predicted octanol–water partition coefficient (Wildman–Crippen LogP) is 3.44. The summed E-state index contributed by atoms with van der Waals surface area (Å²) < 4.78 is 23.9. The molecule has 7 nitrogen and oxygen atoms in total. The average Bonchev–Trinajstić information content (AvgIpc) is 3.23. The summed E-state index contributed by atoms with van der Waals surface area (Å²) in [4.78, 5) is 36.4. The molecule has 0 fully saturated rings. The lowest BCUT2D eigenvalue weighted by atomic mass is 10.1. The van der Waals surface area contributed by atoms with Crippen LogP contribution in [0.3, 0.4) is 0 Å². The highest BCUT2D eigenvalue weighted by Crippen LogP contribution is 2.25. The zero-order valence-electron chi connectivity index (χ0n) is 15.3. The lowest BCUT2D eigenvalue weighted by Gasteiger charge is -2.16. The molecule has 29 heavy (non-hydrogen) atoms. The summed E-state index contributed by atoms with van der Waals surface area (Å²) in [6.45, 7) is 0. The molecule has 8 heteroatoms. The number of benzene rings is 2. The van der Waals surface area contributed by atoms with Crippen molar-refractivity contribution >= 4 is 17.9 Å². The van der Waals surface area contributed by atoms with Gasteiger partial charge >= 0.3 is 12.0 Å². The van der Waals surface area contributed by atoms with Crippen molar-refractivity contribution in [3.05, 3.63) is 83.9 Å². The minimum atomic E-state index is -1.36. The number of nitrogens with one attached hydrogen (secondary N) is 2. The van der Waals surface area contributed by atoms with E-state index >= 15 is 0 Å². The van der Waals surface area contributed by atoms with E-state index in [1.807, 2.05) is 0 Å². The standard InChI is InChI=1S/C21H17FN2O5/c1-23-21(27)24-19(25)18(14-5-3-2-4-6-14)29-20(26)17-12-11-16(28-17)13-7-9-15(22)10-8-13/h2-12,18H,1H3,(H2,23,24,25,27)/t18-/m0/s1. The topological polar surface area (TPSA) is 97.6 Å². The molecule has 0 saturated heterocycles. The highest BCUT2D eigenvalue weighted by atomic mass is 19.1. The third kappa shape index (κ3) is 4.86. The maximum absolute atomic E-state index is 13.1. The van der Waals surface area contributed by atoms with Gasteiger partial charge in [-0.25, -0.2) is 14.0 Å². The number of hydrogen-bond acceptors (Lipinski definition) is 5. The minimum absolute atomic E-state index is 0.141. The molecule has 0 unspecified atom stereocenters. The first kappa shape index (κ1) is 19.8. The monoisotopic (exact) mass is 396 g/mol. The molecular weight excluding hydrogens is 379 g/mol. The average molecular weight is 396 g/mol. The molecule has 3 aromatic rings. The number of halogens is 1. The number of amides is 3. The number of esters is 1. The van der Waals surface area contributed by atoms with Gasteiger partial charge in [0.05, 0.1) is 0 Å². The lowest BCUT2D eigenvalue weighted by Crippen LogP contribution is -2.41. The van der Waals surface area contributed by atoms with Crippen LogP contribution in [0, 0.1) is 5.82 Å². The van der Waals surface area contributed by atoms with Crippen molar-refractivity contribution in [2.45, 2.75) is 6.10 Å². The summed E-state index contributed by atoms with van der Waals surface area (Å²) in [5, 5.41) is 4.35. The molecule has 0 bridgehead atoms. The Morgan fingerprint density at radius 2 is 1.66 bits per heavy atom. The number of furan rings is 1. The maximum Gasteiger partial charge on any atom is 0.375 e. The van der Waals surface area contributed by atoms with Crippen LogP contribution >= 0.6 is 0 Å². The van der Waals surface area contributed by atoms with Gasteiger partial charge in [-0.15, -0.1) is 0 Å². The van der Waals surface area contributed by atoms with Gasteiger partial charge < -0.3 is 14.5 Å². The van der Waals surface area contributed by atoms with Crippen LogP contribution < -0.4 is 10.6 Å². The van der Waals surface area contributed by atoms with E-state index in [0.29, 0.717) is 16.9 Å². The Hall–Kier alpha value is -3.94. The lowest BCUT2D eigenvalue weighted by molar-refractivity contribution is -0.129. The summed E-state index contributed by atoms with van der Waals surface area (Å²) in [5.41, 5.74) is 0.954. The summed E-state index contributed by atoms with van der Waals surface area (Å²) in [6, 6.07) is 16.0. The Labute approximate surface area is 165 Å². The Balaban J connectivity index is 1.80. The van der Waals surface area contributed by atoms with E-state index < -0.39 is 29.8 Å². The summed E-state index contributed by atoms with van der Waals surface area (Å²) in [7, 11) is 1.35. The van der Waals surface area contributed by atoms with Crippen LogP contribution in [0.4, 0.5) is 9.18 Å². The molecule has 0 aliphatic rings. The smallest absolute Gasteiger partial charge is 0.375 e. The Morgan fingerprint density at radius 1 is 0.966 bits per heavy atom. The highest BCUT2D eigenvalue weighted by Gasteiger charge is 2.28. The predicted molar refractivity (Wildman–Crippen MR) is 101 cm³/mol. The van der Waals surface area contributed by atoms with Crippen molar-refractivity contribution in [2.75, 3.05) is 7.05 Å². The second-order valence-corrected chi connectivity index (χ2v) is 5.94. The third-order valence-corrected chi connectivity index (χ3v) is 3.97. The Kier molecular flexibility index (Phi) is 6.03. The quantitative estimate of drug-likeness (QED) is 0.644. The normalized spacial score (nSPS) is 11.4. The number of rotatable bonds is 5. The largest absolute Gasteiger partial charge is 0.449 e. The van der Waals surface area contributed by atoms with Gasteiger partial charge in [0, 0.05) is 18.2 Å². The molecule has 0 radical (unpaired) electrons. The van der Waals surface area contributed by atoms with Crippen LogP contribution in [0.2, 0.25) is 0 Å². The van der Waals surface area contributed by atoms with Gasteiger partial charge in [-0.1, -0.05) is 30.3 Å². The zero-order chi connectivity index (χ0) is 20.8. The van der Waals surface area contributed by atoms with Crippen molar-refractivity contribution in [2.24, 2.45) is 0 Å². The molecule has 0 spiro atoms. The van der Waals surface area contributed by atoms with Crippen molar-refractivity contribution in [3.8, 4) is 11.3 Å². The summed E-state index contributed by atoms with van der Waals surface area (Å²) in [6.07, 6.45) is -1.36. The molecule has 3 rings (SSSR count). The van der Waals surface area contributed by atoms with Gasteiger partial charge in [-0.2, -0.15) is 0 Å². The number of imide groups is 1. The number of hydrogen-bond donors (Lipinski definition) is 2. The number of carbonyl (C=O) groups excluding carboxylic acids is 3. The molecule has 2 N–H and O–H groups in total. The molecule has 148 valence electrons. The maximum atomic E-state index is 13.1. The van der Waals surface area contributed by atoms with Crippen molar-refractivity contribution in [1.29, 1.82) is 0 Å². The molecule has 0 aliphatic heterocycles. The first-order chi connectivity index (χ1) is 14.0.